The Kier molecular flexibility index (Phi) is 10.9. The molecule has 9 nitrogen and oxygen atoms in total. The number of hydrogen-bond donors (Lipinski definition) is 1. The predicted octanol–water partition coefficient (Wildman–Crippen LogP) is 4.37. The molecule has 0 aliphatic carbocycles. The molecular formula is C25H30ClNO8S. The highest BCUT2D eigenvalue weighted by molar-refractivity contribution is 7.89. The highest BCUT2D eigenvalue weighted by Gasteiger charge is 2.25. The summed E-state index contributed by atoms with van der Waals surface area (Å²) in [5.74, 6) is 0.412. The molecule has 0 radical (unpaired) electrons. The molecule has 196 valence electrons. The smallest absolute Gasteiger partial charge is 0.239 e. The van der Waals surface area contributed by atoms with Gasteiger partial charge in [-0.25, -0.2) is 13.6 Å². The van der Waals surface area contributed by atoms with E-state index in [1.54, 1.807) is 12.1 Å². The van der Waals surface area contributed by atoms with Gasteiger partial charge in [-0.1, -0.05) is 35.4 Å². The van der Waals surface area contributed by atoms with E-state index < -0.39 is 15.8 Å². The second kappa shape index (κ2) is 13.4. The number of methoxy groups -OCH3 is 3. The van der Waals surface area contributed by atoms with Crippen molar-refractivity contribution in [2.45, 2.75) is 25.2 Å². The van der Waals surface area contributed by atoms with Crippen LogP contribution in [0.4, 0.5) is 0 Å². The largest absolute Gasteiger partial charge is 0.496 e. The maximum absolute atomic E-state index is 13.4. The molecule has 2 aromatic carbocycles. The highest BCUT2D eigenvalue weighted by Crippen LogP contribution is 2.41. The van der Waals surface area contributed by atoms with Gasteiger partial charge in [-0.2, -0.15) is 0 Å². The highest BCUT2D eigenvalue weighted by atomic mass is 35.5. The lowest BCUT2D eigenvalue weighted by molar-refractivity contribution is 0.0441. The van der Waals surface area contributed by atoms with Crippen LogP contribution in [-0.2, 0) is 25.9 Å². The molecule has 0 atom stereocenters. The molecule has 0 aliphatic rings. The summed E-state index contributed by atoms with van der Waals surface area (Å²) in [4.78, 5) is 13.2. The molecule has 2 N–H and O–H groups in total. The third-order valence-corrected chi connectivity index (χ3v) is 6.22. The minimum Gasteiger partial charge on any atom is -0.496 e. The minimum absolute atomic E-state index is 0.0199. The van der Waals surface area contributed by atoms with Crippen molar-refractivity contribution in [3.8, 4) is 17.2 Å². The van der Waals surface area contributed by atoms with E-state index in [2.05, 4.69) is 0 Å². The zero-order valence-electron chi connectivity index (χ0n) is 20.8. The van der Waals surface area contributed by atoms with Crippen LogP contribution in [0.3, 0.4) is 0 Å². The molecule has 0 heterocycles. The van der Waals surface area contributed by atoms with Gasteiger partial charge in [-0.3, -0.25) is 4.79 Å². The summed E-state index contributed by atoms with van der Waals surface area (Å²) < 4.78 is 50.8. The molecular weight excluding hydrogens is 510 g/mol. The number of rotatable bonds is 13. The van der Waals surface area contributed by atoms with Crippen LogP contribution in [0.15, 0.2) is 46.9 Å². The van der Waals surface area contributed by atoms with Crippen LogP contribution in [0.1, 0.15) is 35.3 Å². The van der Waals surface area contributed by atoms with E-state index in [1.165, 1.54) is 45.6 Å². The summed E-state index contributed by atoms with van der Waals surface area (Å²) in [5, 5.41) is 5.20. The van der Waals surface area contributed by atoms with Gasteiger partial charge in [0, 0.05) is 25.8 Å². The number of halogens is 1. The Morgan fingerprint density at radius 2 is 1.69 bits per heavy atom. The quantitative estimate of drug-likeness (QED) is 0.172. The number of sulfonamides is 1. The first-order chi connectivity index (χ1) is 17.0. The van der Waals surface area contributed by atoms with Crippen LogP contribution >= 0.6 is 11.6 Å². The fourth-order valence-corrected chi connectivity index (χ4v) is 4.25. The van der Waals surface area contributed by atoms with Crippen molar-refractivity contribution >= 4 is 33.5 Å². The third kappa shape index (κ3) is 7.81. The van der Waals surface area contributed by atoms with Gasteiger partial charge in [0.1, 0.15) is 27.7 Å². The summed E-state index contributed by atoms with van der Waals surface area (Å²) in [5.41, 5.74) is 2.21. The summed E-state index contributed by atoms with van der Waals surface area (Å²) in [6.07, 6.45) is 5.09. The average Bonchev–Trinajstić information content (AvgIpc) is 2.82. The van der Waals surface area contributed by atoms with Crippen LogP contribution in [0.5, 0.6) is 17.2 Å². The second-order valence-corrected chi connectivity index (χ2v) is 9.72. The number of carbonyl (C=O) groups excluding carboxylic acids is 1. The average molecular weight is 540 g/mol. The Morgan fingerprint density at radius 1 is 1.03 bits per heavy atom. The molecule has 36 heavy (non-hydrogen) atoms. The van der Waals surface area contributed by atoms with E-state index in [-0.39, 0.29) is 40.6 Å². The molecule has 0 aromatic heterocycles. The topological polar surface area (TPSA) is 123 Å². The fraction of sp³-hybridized carbons (Fsp3) is 0.320. The van der Waals surface area contributed by atoms with E-state index in [1.807, 2.05) is 19.9 Å². The molecule has 0 spiro atoms. The van der Waals surface area contributed by atoms with E-state index in [0.717, 1.165) is 5.57 Å². The van der Waals surface area contributed by atoms with Crippen LogP contribution < -0.4 is 19.3 Å². The second-order valence-electron chi connectivity index (χ2n) is 7.78. The zero-order valence-corrected chi connectivity index (χ0v) is 22.4. The zero-order chi connectivity index (χ0) is 26.9. The predicted molar refractivity (Wildman–Crippen MR) is 137 cm³/mol. The van der Waals surface area contributed by atoms with Crippen molar-refractivity contribution in [2.24, 2.45) is 5.14 Å². The van der Waals surface area contributed by atoms with Crippen molar-refractivity contribution in [1.29, 1.82) is 0 Å². The SMILES string of the molecule is COCOc1cc(OC)c(C(=O)/C=C/c2ccc(Cl)c(S(N)(=O)=O)c2)c(OCOC)c1CC=C(C)C. The molecule has 0 saturated carbocycles. The van der Waals surface area contributed by atoms with Crippen molar-refractivity contribution in [3.63, 3.8) is 0 Å². The Bertz CT molecular complexity index is 1250. The Balaban J connectivity index is 2.65. The molecule has 2 aromatic rings. The molecule has 0 saturated heterocycles. The standard InChI is InChI=1S/C25H30ClNO8S/c1-16(2)6-9-18-21(34-14-31-3)13-22(33-5)24(25(18)35-15-32-4)20(28)11-8-17-7-10-19(26)23(12-17)36(27,29)30/h6-8,10-13H,9,14-15H2,1-5H3,(H2,27,29,30)/b11-8+. The number of ether oxygens (including phenoxy) is 5. The summed E-state index contributed by atoms with van der Waals surface area (Å²) in [7, 11) is 0.338. The molecule has 0 amide bonds. The first kappa shape index (κ1) is 29.3. The molecule has 0 unspecified atom stereocenters. The molecule has 0 fully saturated rings. The van der Waals surface area contributed by atoms with Gasteiger partial charge >= 0.3 is 0 Å². The molecule has 0 aliphatic heterocycles. The van der Waals surface area contributed by atoms with Gasteiger partial charge in [-0.05, 0) is 44.0 Å². The maximum atomic E-state index is 13.4. The van der Waals surface area contributed by atoms with Crippen molar-refractivity contribution in [1.82, 2.24) is 0 Å². The van der Waals surface area contributed by atoms with Crippen LogP contribution in [0.25, 0.3) is 6.08 Å². The molecule has 2 rings (SSSR count). The van der Waals surface area contributed by atoms with Crippen LogP contribution in [0, 0.1) is 0 Å². The van der Waals surface area contributed by atoms with Crippen molar-refractivity contribution in [2.75, 3.05) is 34.9 Å². The van der Waals surface area contributed by atoms with E-state index in [4.69, 9.17) is 40.4 Å². The van der Waals surface area contributed by atoms with Crippen molar-refractivity contribution in [3.05, 3.63) is 63.7 Å². The van der Waals surface area contributed by atoms with E-state index >= 15 is 0 Å². The summed E-state index contributed by atoms with van der Waals surface area (Å²) in [6.45, 7) is 3.75. The van der Waals surface area contributed by atoms with Gasteiger partial charge < -0.3 is 23.7 Å². The van der Waals surface area contributed by atoms with Crippen LogP contribution in [-0.4, -0.2) is 49.1 Å². The lowest BCUT2D eigenvalue weighted by atomic mass is 9.99. The number of benzene rings is 2. The minimum atomic E-state index is -4.04. The van der Waals surface area contributed by atoms with Gasteiger partial charge in [0.25, 0.3) is 0 Å². The van der Waals surface area contributed by atoms with Crippen LogP contribution in [0.2, 0.25) is 5.02 Å². The van der Waals surface area contributed by atoms with Gasteiger partial charge in [0.15, 0.2) is 19.4 Å². The first-order valence-corrected chi connectivity index (χ1v) is 12.6. The summed E-state index contributed by atoms with van der Waals surface area (Å²) >= 11 is 5.95. The number of allylic oxidation sites excluding steroid dienone is 3. The fourth-order valence-electron chi connectivity index (χ4n) is 3.17. The molecule has 11 heteroatoms. The Labute approximate surface area is 216 Å². The molecule has 0 bridgehead atoms. The lowest BCUT2D eigenvalue weighted by Gasteiger charge is -2.20. The third-order valence-electron chi connectivity index (χ3n) is 4.83. The van der Waals surface area contributed by atoms with Gasteiger partial charge in [-0.15, -0.1) is 0 Å². The number of primary sulfonamides is 1. The number of ketones is 1. The normalized spacial score (nSPS) is 11.4. The number of nitrogens with two attached hydrogens (primary N) is 1. The summed E-state index contributed by atoms with van der Waals surface area (Å²) in [6, 6.07) is 5.82. The van der Waals surface area contributed by atoms with E-state index in [9.17, 15) is 13.2 Å². The number of carbonyl (C=O) groups is 1. The number of hydrogen-bond acceptors (Lipinski definition) is 8. The Morgan fingerprint density at radius 3 is 2.28 bits per heavy atom. The van der Waals surface area contributed by atoms with Gasteiger partial charge in [0.2, 0.25) is 10.0 Å². The maximum Gasteiger partial charge on any atom is 0.239 e. The Hall–Kier alpha value is -2.89. The monoisotopic (exact) mass is 539 g/mol. The van der Waals surface area contributed by atoms with Gasteiger partial charge in [0.05, 0.1) is 12.1 Å². The lowest BCUT2D eigenvalue weighted by Crippen LogP contribution is -2.13. The van der Waals surface area contributed by atoms with E-state index in [0.29, 0.717) is 23.3 Å². The van der Waals surface area contributed by atoms with Crippen molar-refractivity contribution < 1.29 is 36.9 Å². The first-order valence-electron chi connectivity index (χ1n) is 10.7.